The van der Waals surface area contributed by atoms with Crippen molar-refractivity contribution in [3.8, 4) is 11.5 Å². The van der Waals surface area contributed by atoms with E-state index in [0.717, 1.165) is 0 Å². The predicted octanol–water partition coefficient (Wildman–Crippen LogP) is 2.75. The van der Waals surface area contributed by atoms with Gasteiger partial charge < -0.3 is 24.8 Å². The Hall–Kier alpha value is -3.63. The first-order valence-electron chi connectivity index (χ1n) is 10.9. The van der Waals surface area contributed by atoms with Gasteiger partial charge in [-0.15, -0.1) is 0 Å². The number of rotatable bonds is 12. The number of methoxy groups -OCH3 is 1. The number of carbonyl (C=O) groups is 3. The lowest BCUT2D eigenvalue weighted by molar-refractivity contribution is -0.139. The largest absolute Gasteiger partial charge is 0.493 e. The van der Waals surface area contributed by atoms with Gasteiger partial charge in [-0.1, -0.05) is 11.6 Å². The molecule has 0 bridgehead atoms. The second-order valence-corrected chi connectivity index (χ2v) is 7.92. The molecule has 2 aromatic rings. The maximum Gasteiger partial charge on any atom is 0.329 e. The number of hydrogen-bond donors (Lipinski definition) is 3. The molecular formula is C24H29ClN4O6. The molecule has 0 heterocycles. The van der Waals surface area contributed by atoms with Gasteiger partial charge in [0, 0.05) is 23.9 Å². The first-order valence-corrected chi connectivity index (χ1v) is 11.3. The van der Waals surface area contributed by atoms with Crippen LogP contribution in [0.3, 0.4) is 0 Å². The zero-order valence-electron chi connectivity index (χ0n) is 19.8. The fourth-order valence-electron chi connectivity index (χ4n) is 2.65. The van der Waals surface area contributed by atoms with Gasteiger partial charge in [0.2, 0.25) is 0 Å². The zero-order valence-corrected chi connectivity index (χ0v) is 20.6. The number of hydrogen-bond acceptors (Lipinski definition) is 7. The van der Waals surface area contributed by atoms with Crippen molar-refractivity contribution in [3.05, 3.63) is 53.1 Å². The van der Waals surface area contributed by atoms with Gasteiger partial charge in [-0.3, -0.25) is 14.4 Å². The van der Waals surface area contributed by atoms with Crippen LogP contribution in [0.2, 0.25) is 5.02 Å². The lowest BCUT2D eigenvalue weighted by Gasteiger charge is -2.11. The van der Waals surface area contributed by atoms with Crippen LogP contribution in [-0.4, -0.2) is 56.9 Å². The van der Waals surface area contributed by atoms with Gasteiger partial charge in [0.25, 0.3) is 5.91 Å². The minimum Gasteiger partial charge on any atom is -0.493 e. The molecule has 188 valence electrons. The van der Waals surface area contributed by atoms with Crippen LogP contribution in [-0.2, 0) is 19.1 Å². The van der Waals surface area contributed by atoms with E-state index < -0.39 is 11.8 Å². The molecule has 0 spiro atoms. The molecule has 0 aromatic heterocycles. The third-order valence-electron chi connectivity index (χ3n) is 4.32. The summed E-state index contributed by atoms with van der Waals surface area (Å²) in [6.07, 6.45) is 2.06. The maximum absolute atomic E-state index is 12.1. The van der Waals surface area contributed by atoms with Crippen molar-refractivity contribution in [2.45, 2.75) is 26.4 Å². The summed E-state index contributed by atoms with van der Waals surface area (Å²) in [5, 5.41) is 9.54. The van der Waals surface area contributed by atoms with E-state index in [-0.39, 0.29) is 18.6 Å². The number of carbonyl (C=O) groups excluding carboxylic acids is 3. The Balaban J connectivity index is 1.80. The minimum absolute atomic E-state index is 0.113. The number of amides is 3. The van der Waals surface area contributed by atoms with Crippen molar-refractivity contribution in [2.24, 2.45) is 5.10 Å². The highest BCUT2D eigenvalue weighted by Crippen LogP contribution is 2.27. The summed E-state index contributed by atoms with van der Waals surface area (Å²) >= 11 is 5.83. The first-order chi connectivity index (χ1) is 16.8. The van der Waals surface area contributed by atoms with Crippen molar-refractivity contribution in [1.82, 2.24) is 10.7 Å². The molecule has 0 radical (unpaired) electrons. The number of anilines is 1. The summed E-state index contributed by atoms with van der Waals surface area (Å²) in [5.74, 6) is -1.32. The standard InChI is InChI=1S/C24H29ClN4O6/c1-16(2)34-12-4-11-26-23(31)24(32)29-27-14-17-5-10-20(21(13-17)33-3)35-15-22(30)28-19-8-6-18(25)7-9-19/h5-10,13-14,16H,4,11-12,15H2,1-3H3,(H,26,31)(H,28,30)(H,29,32)/b27-14-. The van der Waals surface area contributed by atoms with Gasteiger partial charge in [0.15, 0.2) is 18.1 Å². The fraction of sp³-hybridized carbons (Fsp3) is 0.333. The maximum atomic E-state index is 12.1. The second-order valence-electron chi connectivity index (χ2n) is 7.48. The van der Waals surface area contributed by atoms with E-state index in [9.17, 15) is 14.4 Å². The third kappa shape index (κ3) is 10.4. The molecule has 3 amide bonds. The van der Waals surface area contributed by atoms with Crippen LogP contribution < -0.4 is 25.5 Å². The Labute approximate surface area is 209 Å². The molecule has 2 aromatic carbocycles. The molecule has 10 nitrogen and oxygen atoms in total. The van der Waals surface area contributed by atoms with Gasteiger partial charge in [0.1, 0.15) is 0 Å². The van der Waals surface area contributed by atoms with Crippen LogP contribution in [0.15, 0.2) is 47.6 Å². The van der Waals surface area contributed by atoms with Crippen LogP contribution in [0.4, 0.5) is 5.69 Å². The highest BCUT2D eigenvalue weighted by molar-refractivity contribution is 6.35. The predicted molar refractivity (Wildman–Crippen MR) is 133 cm³/mol. The van der Waals surface area contributed by atoms with Crippen LogP contribution in [0.5, 0.6) is 11.5 Å². The quantitative estimate of drug-likeness (QED) is 0.176. The van der Waals surface area contributed by atoms with Crippen molar-refractivity contribution in [3.63, 3.8) is 0 Å². The third-order valence-corrected chi connectivity index (χ3v) is 4.57. The smallest absolute Gasteiger partial charge is 0.329 e. The molecule has 2 rings (SSSR count). The summed E-state index contributed by atoms with van der Waals surface area (Å²) < 4.78 is 16.2. The van der Waals surface area contributed by atoms with Crippen LogP contribution in [0.1, 0.15) is 25.8 Å². The highest BCUT2D eigenvalue weighted by atomic mass is 35.5. The van der Waals surface area contributed by atoms with Gasteiger partial charge in [-0.25, -0.2) is 5.43 Å². The molecule has 3 N–H and O–H groups in total. The Morgan fingerprint density at radius 1 is 1.06 bits per heavy atom. The van der Waals surface area contributed by atoms with E-state index >= 15 is 0 Å². The molecule has 0 atom stereocenters. The lowest BCUT2D eigenvalue weighted by Crippen LogP contribution is -2.38. The summed E-state index contributed by atoms with van der Waals surface area (Å²) in [6, 6.07) is 11.6. The van der Waals surface area contributed by atoms with Crippen LogP contribution in [0, 0.1) is 0 Å². The Kier molecular flexibility index (Phi) is 11.5. The Morgan fingerprint density at radius 3 is 2.49 bits per heavy atom. The average molecular weight is 505 g/mol. The van der Waals surface area contributed by atoms with E-state index in [0.29, 0.717) is 47.3 Å². The molecule has 0 aliphatic heterocycles. The van der Waals surface area contributed by atoms with Gasteiger partial charge in [-0.2, -0.15) is 5.10 Å². The molecule has 0 aliphatic rings. The molecule has 0 saturated heterocycles. The average Bonchev–Trinajstić information content (AvgIpc) is 2.83. The fourth-order valence-corrected chi connectivity index (χ4v) is 2.77. The van der Waals surface area contributed by atoms with Crippen molar-refractivity contribution < 1.29 is 28.6 Å². The summed E-state index contributed by atoms with van der Waals surface area (Å²) in [5.41, 5.74) is 3.33. The minimum atomic E-state index is -0.885. The van der Waals surface area contributed by atoms with Gasteiger partial charge in [-0.05, 0) is 68.3 Å². The SMILES string of the molecule is COc1cc(/C=N\NC(=O)C(=O)NCCCOC(C)C)ccc1OCC(=O)Nc1ccc(Cl)cc1. The van der Waals surface area contributed by atoms with Gasteiger partial charge in [0.05, 0.1) is 19.4 Å². The lowest BCUT2D eigenvalue weighted by atomic mass is 10.2. The summed E-state index contributed by atoms with van der Waals surface area (Å²) in [6.45, 7) is 4.42. The zero-order chi connectivity index (χ0) is 25.6. The number of hydrazone groups is 1. The van der Waals surface area contributed by atoms with Crippen molar-refractivity contribution in [1.29, 1.82) is 0 Å². The number of ether oxygens (including phenoxy) is 3. The van der Waals surface area contributed by atoms with Crippen molar-refractivity contribution in [2.75, 3.05) is 32.2 Å². The van der Waals surface area contributed by atoms with E-state index in [1.54, 1.807) is 42.5 Å². The molecule has 35 heavy (non-hydrogen) atoms. The number of halogens is 1. The van der Waals surface area contributed by atoms with Crippen LogP contribution in [0.25, 0.3) is 0 Å². The van der Waals surface area contributed by atoms with E-state index in [1.165, 1.54) is 13.3 Å². The van der Waals surface area contributed by atoms with E-state index in [1.807, 2.05) is 13.8 Å². The van der Waals surface area contributed by atoms with E-state index in [2.05, 4.69) is 21.2 Å². The molecule has 0 unspecified atom stereocenters. The molecule has 11 heteroatoms. The van der Waals surface area contributed by atoms with Gasteiger partial charge >= 0.3 is 11.8 Å². The monoisotopic (exact) mass is 504 g/mol. The second kappa shape index (κ2) is 14.6. The van der Waals surface area contributed by atoms with Crippen LogP contribution >= 0.6 is 11.6 Å². The topological polar surface area (TPSA) is 127 Å². The van der Waals surface area contributed by atoms with E-state index in [4.69, 9.17) is 25.8 Å². The first kappa shape index (κ1) is 27.6. The Morgan fingerprint density at radius 2 is 1.80 bits per heavy atom. The molecule has 0 aliphatic carbocycles. The summed E-state index contributed by atoms with van der Waals surface area (Å²) in [7, 11) is 1.45. The normalized spacial score (nSPS) is 10.8. The summed E-state index contributed by atoms with van der Waals surface area (Å²) in [4.78, 5) is 35.7. The molecule has 0 fully saturated rings. The highest BCUT2D eigenvalue weighted by Gasteiger charge is 2.12. The number of benzene rings is 2. The van der Waals surface area contributed by atoms with Crippen molar-refractivity contribution >= 4 is 41.2 Å². The number of nitrogens with one attached hydrogen (secondary N) is 3. The molecule has 0 saturated carbocycles. The molecular weight excluding hydrogens is 476 g/mol. The Bertz CT molecular complexity index is 1030. The number of nitrogens with zero attached hydrogens (tertiary/aromatic N) is 1.